The molecule has 2 atom stereocenters. The minimum absolute atomic E-state index is 0.00407. The molecule has 0 aliphatic carbocycles. The van der Waals surface area contributed by atoms with Crippen LogP contribution in [-0.4, -0.2) is 4.57 Å². The van der Waals surface area contributed by atoms with Gasteiger partial charge in [-0.15, -0.1) is 0 Å². The third-order valence-electron chi connectivity index (χ3n) is 12.8. The van der Waals surface area contributed by atoms with Crippen molar-refractivity contribution in [2.45, 2.75) is 244 Å². The Balaban J connectivity index is 1.44. The van der Waals surface area contributed by atoms with Crippen LogP contribution in [0.4, 0.5) is 0 Å². The van der Waals surface area contributed by atoms with Gasteiger partial charge in [-0.1, -0.05) is 255 Å². The van der Waals surface area contributed by atoms with Gasteiger partial charge in [-0.2, -0.15) is 0 Å². The summed E-state index contributed by atoms with van der Waals surface area (Å²) < 4.78 is 5.08. The molecule has 0 N–H and O–H groups in total. The Morgan fingerprint density at radius 3 is 1.29 bits per heavy atom. The van der Waals surface area contributed by atoms with E-state index in [1.165, 1.54) is 210 Å². The van der Waals surface area contributed by atoms with Crippen molar-refractivity contribution in [1.82, 2.24) is 4.57 Å². The fourth-order valence-electron chi connectivity index (χ4n) is 9.15. The SMILES string of the molecule is CCCCCCCCCCCCCCCCCC(n1cc[n+](CCCCCCCCCCCCCCCCC)c1)C(C)(Cc1ccccc1)c1ccccc1. The van der Waals surface area contributed by atoms with Gasteiger partial charge >= 0.3 is 0 Å². The molecular weight excluding hydrogens is 665 g/mol. The van der Waals surface area contributed by atoms with Crippen LogP contribution in [0.25, 0.3) is 0 Å². The van der Waals surface area contributed by atoms with Gasteiger partial charge in [0, 0.05) is 5.41 Å². The van der Waals surface area contributed by atoms with Crippen molar-refractivity contribution in [1.29, 1.82) is 0 Å². The van der Waals surface area contributed by atoms with E-state index in [1.807, 2.05) is 0 Å². The molecule has 0 fully saturated rings. The van der Waals surface area contributed by atoms with Crippen LogP contribution >= 0.6 is 0 Å². The highest BCUT2D eigenvalue weighted by atomic mass is 15.1. The van der Waals surface area contributed by atoms with Gasteiger partial charge < -0.3 is 0 Å². The number of aryl methyl sites for hydroxylation is 1. The quantitative estimate of drug-likeness (QED) is 0.0409. The van der Waals surface area contributed by atoms with Gasteiger partial charge in [0.25, 0.3) is 0 Å². The van der Waals surface area contributed by atoms with Crippen molar-refractivity contribution < 1.29 is 4.57 Å². The Labute approximate surface area is 342 Å². The van der Waals surface area contributed by atoms with Crippen LogP contribution in [0.15, 0.2) is 79.4 Å². The topological polar surface area (TPSA) is 8.81 Å². The molecule has 2 aromatic carbocycles. The van der Waals surface area contributed by atoms with Crippen molar-refractivity contribution in [3.8, 4) is 0 Å². The monoisotopic (exact) mass is 754 g/mol. The Bertz CT molecular complexity index is 1250. The smallest absolute Gasteiger partial charge is 0.237 e. The van der Waals surface area contributed by atoms with E-state index in [9.17, 15) is 0 Å². The maximum atomic E-state index is 2.60. The third kappa shape index (κ3) is 21.1. The van der Waals surface area contributed by atoms with Crippen molar-refractivity contribution in [2.24, 2.45) is 0 Å². The van der Waals surface area contributed by atoms with Gasteiger partial charge in [0.05, 0.1) is 6.54 Å². The van der Waals surface area contributed by atoms with E-state index in [0.29, 0.717) is 6.04 Å². The van der Waals surface area contributed by atoms with Crippen molar-refractivity contribution in [2.75, 3.05) is 0 Å². The molecule has 2 unspecified atom stereocenters. The molecule has 0 saturated carbocycles. The standard InChI is InChI=1S/C53H89N2/c1-4-6-8-10-12-14-16-18-20-22-24-26-28-30-38-44-52(53(3,51-42-36-33-37-43-51)48-50-40-34-32-35-41-50)55-47-46-54(49-55)45-39-31-29-27-25-23-21-19-17-15-13-11-9-7-5-2/h32-37,40-43,46-47,49,52H,4-31,38-39,44-45,48H2,1-3H3/q+1. The average Bonchev–Trinajstić information content (AvgIpc) is 3.68. The summed E-state index contributed by atoms with van der Waals surface area (Å²) in [5, 5.41) is 0. The zero-order valence-electron chi connectivity index (χ0n) is 36.8. The third-order valence-corrected chi connectivity index (χ3v) is 12.8. The lowest BCUT2D eigenvalue weighted by molar-refractivity contribution is -0.697. The van der Waals surface area contributed by atoms with E-state index >= 15 is 0 Å². The zero-order chi connectivity index (χ0) is 38.9. The summed E-state index contributed by atoms with van der Waals surface area (Å²) in [7, 11) is 0. The molecule has 2 nitrogen and oxygen atoms in total. The lowest BCUT2D eigenvalue weighted by atomic mass is 9.70. The molecule has 0 aliphatic heterocycles. The number of hydrogen-bond acceptors (Lipinski definition) is 0. The lowest BCUT2D eigenvalue weighted by Gasteiger charge is -2.37. The minimum Gasteiger partial charge on any atom is -0.237 e. The second-order valence-corrected chi connectivity index (χ2v) is 17.7. The number of hydrogen-bond donors (Lipinski definition) is 0. The van der Waals surface area contributed by atoms with Crippen LogP contribution in [0.1, 0.15) is 237 Å². The van der Waals surface area contributed by atoms with Crippen LogP contribution in [-0.2, 0) is 18.4 Å². The summed E-state index contributed by atoms with van der Waals surface area (Å²) in [6.45, 7) is 8.30. The fraction of sp³-hybridized carbons (Fsp3) is 0.717. The summed E-state index contributed by atoms with van der Waals surface area (Å²) in [6, 6.07) is 23.1. The number of aromatic nitrogens is 2. The zero-order valence-corrected chi connectivity index (χ0v) is 36.8. The summed E-state index contributed by atoms with van der Waals surface area (Å²) in [5.74, 6) is 0. The predicted molar refractivity (Wildman–Crippen MR) is 242 cm³/mol. The van der Waals surface area contributed by atoms with Crippen LogP contribution in [0, 0.1) is 0 Å². The maximum Gasteiger partial charge on any atom is 0.244 e. The Hall–Kier alpha value is -2.35. The first-order chi connectivity index (χ1) is 27.2. The highest BCUT2D eigenvalue weighted by Gasteiger charge is 2.40. The molecule has 310 valence electrons. The van der Waals surface area contributed by atoms with Gasteiger partial charge in [0.2, 0.25) is 6.33 Å². The van der Waals surface area contributed by atoms with Crippen LogP contribution in [0.5, 0.6) is 0 Å². The normalized spacial score (nSPS) is 13.3. The van der Waals surface area contributed by atoms with E-state index in [4.69, 9.17) is 0 Å². The molecule has 1 heterocycles. The van der Waals surface area contributed by atoms with E-state index in [1.54, 1.807) is 0 Å². The molecule has 3 rings (SSSR count). The molecular formula is C53H89N2+. The van der Waals surface area contributed by atoms with E-state index in [0.717, 1.165) is 13.0 Å². The first-order valence-electron chi connectivity index (χ1n) is 24.3. The minimum atomic E-state index is 0.00407. The van der Waals surface area contributed by atoms with Gasteiger partial charge in [-0.3, -0.25) is 0 Å². The molecule has 0 bridgehead atoms. The Morgan fingerprint density at radius 1 is 0.473 bits per heavy atom. The molecule has 3 aromatic rings. The predicted octanol–water partition coefficient (Wildman–Crippen LogP) is 16.7. The van der Waals surface area contributed by atoms with E-state index in [-0.39, 0.29) is 5.41 Å². The Kier molecular flexibility index (Phi) is 27.1. The highest BCUT2D eigenvalue weighted by molar-refractivity contribution is 5.30. The number of imidazole rings is 1. The number of unbranched alkanes of at least 4 members (excludes halogenated alkanes) is 28. The molecule has 2 heteroatoms. The highest BCUT2D eigenvalue weighted by Crippen LogP contribution is 2.41. The van der Waals surface area contributed by atoms with Crippen molar-refractivity contribution in [3.05, 3.63) is 90.5 Å². The maximum absolute atomic E-state index is 2.60. The van der Waals surface area contributed by atoms with Gasteiger partial charge in [0.15, 0.2) is 0 Å². The molecule has 0 radical (unpaired) electrons. The van der Waals surface area contributed by atoms with Crippen LogP contribution in [0.3, 0.4) is 0 Å². The van der Waals surface area contributed by atoms with Gasteiger partial charge in [-0.05, 0) is 43.2 Å². The lowest BCUT2D eigenvalue weighted by Crippen LogP contribution is -2.38. The van der Waals surface area contributed by atoms with Gasteiger partial charge in [0.1, 0.15) is 18.4 Å². The molecule has 0 amide bonds. The average molecular weight is 754 g/mol. The molecule has 55 heavy (non-hydrogen) atoms. The first-order valence-corrected chi connectivity index (χ1v) is 24.3. The first kappa shape index (κ1) is 47.0. The van der Waals surface area contributed by atoms with Gasteiger partial charge in [-0.25, -0.2) is 9.13 Å². The number of nitrogens with zero attached hydrogens (tertiary/aromatic N) is 2. The van der Waals surface area contributed by atoms with E-state index < -0.39 is 0 Å². The summed E-state index contributed by atoms with van der Waals surface area (Å²) >= 11 is 0. The molecule has 0 aliphatic rings. The molecule has 0 spiro atoms. The fourth-order valence-corrected chi connectivity index (χ4v) is 9.15. The summed E-state index contributed by atoms with van der Waals surface area (Å²) in [5.41, 5.74) is 2.91. The molecule has 1 aromatic heterocycles. The Morgan fingerprint density at radius 2 is 0.855 bits per heavy atom. The summed E-state index contributed by atoms with van der Waals surface area (Å²) in [6.07, 6.45) is 52.0. The second kappa shape index (κ2) is 31.7. The van der Waals surface area contributed by atoms with E-state index in [2.05, 4.69) is 109 Å². The summed E-state index contributed by atoms with van der Waals surface area (Å²) in [4.78, 5) is 0. The number of rotatable bonds is 37. The van der Waals surface area contributed by atoms with Crippen LogP contribution < -0.4 is 4.57 Å². The largest absolute Gasteiger partial charge is 0.244 e. The van der Waals surface area contributed by atoms with Crippen molar-refractivity contribution >= 4 is 0 Å². The second-order valence-electron chi connectivity index (χ2n) is 17.7. The number of benzene rings is 2. The van der Waals surface area contributed by atoms with Crippen molar-refractivity contribution in [3.63, 3.8) is 0 Å². The molecule has 0 saturated heterocycles. The van der Waals surface area contributed by atoms with Crippen LogP contribution in [0.2, 0.25) is 0 Å².